The summed E-state index contributed by atoms with van der Waals surface area (Å²) in [6.07, 6.45) is 0. The van der Waals surface area contributed by atoms with Crippen LogP contribution in [0.3, 0.4) is 0 Å². The Morgan fingerprint density at radius 3 is 0.674 bits per heavy atom. The van der Waals surface area contributed by atoms with E-state index < -0.39 is 0 Å². The fourth-order valence-electron chi connectivity index (χ4n) is 13.9. The van der Waals surface area contributed by atoms with Gasteiger partial charge in [0.25, 0.3) is 0 Å². The van der Waals surface area contributed by atoms with Gasteiger partial charge in [-0.05, 0) is 177 Å². The molecule has 0 bridgehead atoms. The second kappa shape index (κ2) is 24.5. The number of benzene rings is 17. The summed E-state index contributed by atoms with van der Waals surface area (Å²) in [5.41, 5.74) is 24.7. The summed E-state index contributed by atoms with van der Waals surface area (Å²) in [6.45, 7) is 0. The zero-order valence-corrected chi connectivity index (χ0v) is 50.8. The fourth-order valence-corrected chi connectivity index (χ4v) is 13.9. The molecule has 0 aliphatic rings. The van der Waals surface area contributed by atoms with Crippen LogP contribution < -0.4 is 0 Å². The maximum absolute atomic E-state index is 2.42. The van der Waals surface area contributed by atoms with Gasteiger partial charge in [-0.25, -0.2) is 0 Å². The lowest BCUT2D eigenvalue weighted by atomic mass is 9.84. The van der Waals surface area contributed by atoms with Crippen molar-refractivity contribution in [3.8, 4) is 111 Å². The predicted molar refractivity (Wildman–Crippen MR) is 395 cm³/mol. The first-order valence-electron chi connectivity index (χ1n) is 31.8. The lowest BCUT2D eigenvalue weighted by Crippen LogP contribution is -1.92. The van der Waals surface area contributed by atoms with Gasteiger partial charge >= 0.3 is 0 Å². The average molecular weight is 1170 g/mol. The van der Waals surface area contributed by atoms with E-state index in [9.17, 15) is 0 Å². The molecule has 0 fully saturated rings. The molecule has 0 aliphatic carbocycles. The van der Waals surface area contributed by atoms with Gasteiger partial charge in [0.2, 0.25) is 0 Å². The van der Waals surface area contributed by atoms with E-state index in [1.54, 1.807) is 0 Å². The van der Waals surface area contributed by atoms with E-state index in [0.717, 1.165) is 0 Å². The third-order valence-corrected chi connectivity index (χ3v) is 18.4. The van der Waals surface area contributed by atoms with Gasteiger partial charge in [-0.15, -0.1) is 0 Å². The third-order valence-electron chi connectivity index (χ3n) is 18.4. The topological polar surface area (TPSA) is 0 Å². The Morgan fingerprint density at radius 1 is 0.109 bits per heavy atom. The predicted octanol–water partition coefficient (Wildman–Crippen LogP) is 25.8. The summed E-state index contributed by atoms with van der Waals surface area (Å²) < 4.78 is 0. The molecule has 0 aromatic heterocycles. The zero-order valence-electron chi connectivity index (χ0n) is 50.8. The van der Waals surface area contributed by atoms with Gasteiger partial charge < -0.3 is 0 Å². The van der Waals surface area contributed by atoms with Crippen LogP contribution in [0.25, 0.3) is 165 Å². The highest BCUT2D eigenvalue weighted by molar-refractivity contribution is 6.24. The van der Waals surface area contributed by atoms with Gasteiger partial charge in [0.05, 0.1) is 0 Å². The molecule has 17 aromatic carbocycles. The first-order valence-corrected chi connectivity index (χ1v) is 31.8. The van der Waals surface area contributed by atoms with E-state index in [2.05, 4.69) is 376 Å². The van der Waals surface area contributed by atoms with Crippen molar-refractivity contribution in [2.24, 2.45) is 0 Å². The van der Waals surface area contributed by atoms with Gasteiger partial charge in [0.1, 0.15) is 0 Å². The summed E-state index contributed by atoms with van der Waals surface area (Å²) in [5, 5.41) is 12.6. The molecule has 17 rings (SSSR count). The van der Waals surface area contributed by atoms with Gasteiger partial charge in [-0.3, -0.25) is 0 Å². The Balaban J connectivity index is 0.000000147. The minimum absolute atomic E-state index is 1.22. The van der Waals surface area contributed by atoms with E-state index in [1.807, 2.05) is 0 Å². The van der Waals surface area contributed by atoms with Crippen LogP contribution in [0.2, 0.25) is 0 Å². The Bertz CT molecular complexity index is 5460. The van der Waals surface area contributed by atoms with Crippen molar-refractivity contribution in [2.75, 3.05) is 0 Å². The second-order valence-electron chi connectivity index (χ2n) is 23.8. The smallest absolute Gasteiger partial charge is 0.00261 e. The van der Waals surface area contributed by atoms with E-state index in [-0.39, 0.29) is 0 Å². The molecule has 0 saturated carbocycles. The Morgan fingerprint density at radius 2 is 0.326 bits per heavy atom. The van der Waals surface area contributed by atoms with E-state index in [0.29, 0.717) is 0 Å². The van der Waals surface area contributed by atoms with Crippen LogP contribution in [0.4, 0.5) is 0 Å². The van der Waals surface area contributed by atoms with Crippen molar-refractivity contribution in [3.05, 3.63) is 376 Å². The third kappa shape index (κ3) is 10.6. The maximum atomic E-state index is 2.42. The zero-order chi connectivity index (χ0) is 61.2. The highest BCUT2D eigenvalue weighted by Gasteiger charge is 2.21. The maximum Gasteiger partial charge on any atom is -0.00261 e. The molecule has 0 heterocycles. The van der Waals surface area contributed by atoms with Crippen molar-refractivity contribution in [1.29, 1.82) is 0 Å². The lowest BCUT2D eigenvalue weighted by Gasteiger charge is -2.19. The fraction of sp³-hybridized carbons (Fsp3) is 0. The van der Waals surface area contributed by atoms with Crippen LogP contribution in [0.15, 0.2) is 376 Å². The standard InChI is InChI=1S/C48H32.C44H30/c1-3-12-33(13-4-1)35-22-26-38(27-23-35)47-43-19-9-10-20-44(43)48(39-28-24-36(25-29-39)34-14-5-2-6-15-34)46-32-40(30-31-45(46)47)42-21-11-17-37-16-7-8-18-41(37)42;1-4-12-31(13-5-1)34-20-24-36(25-21-34)43-39-18-10-11-19-40(39)44(37-26-22-35(23-27-37)32-14-6-2-7-15-32)42-30-38(28-29-41(42)43)33-16-8-3-9-17-33/h1-32H;1-30H. The van der Waals surface area contributed by atoms with Gasteiger partial charge in [-0.1, -0.05) is 364 Å². The number of rotatable bonds is 10. The first kappa shape index (κ1) is 55.4. The first-order chi connectivity index (χ1) is 45.6. The van der Waals surface area contributed by atoms with Gasteiger partial charge in [-0.2, -0.15) is 0 Å². The van der Waals surface area contributed by atoms with Gasteiger partial charge in [0.15, 0.2) is 0 Å². The highest BCUT2D eigenvalue weighted by Crippen LogP contribution is 2.48. The largest absolute Gasteiger partial charge is 0.0622 e. The molecule has 0 heteroatoms. The van der Waals surface area contributed by atoms with Crippen LogP contribution >= 0.6 is 0 Å². The molecule has 0 saturated heterocycles. The Kier molecular flexibility index (Phi) is 14.8. The van der Waals surface area contributed by atoms with Crippen LogP contribution in [0.5, 0.6) is 0 Å². The number of hydrogen-bond acceptors (Lipinski definition) is 0. The van der Waals surface area contributed by atoms with Crippen molar-refractivity contribution in [3.63, 3.8) is 0 Å². The minimum atomic E-state index is 1.22. The molecule has 92 heavy (non-hydrogen) atoms. The molecule has 0 nitrogen and oxygen atoms in total. The Hall–Kier alpha value is -12.0. The molecule has 430 valence electrons. The van der Waals surface area contributed by atoms with Crippen molar-refractivity contribution >= 4 is 53.9 Å². The monoisotopic (exact) mass is 1170 g/mol. The molecule has 0 spiro atoms. The summed E-state index contributed by atoms with van der Waals surface area (Å²) in [7, 11) is 0. The molecule has 0 aliphatic heterocycles. The normalized spacial score (nSPS) is 11.3. The SMILES string of the molecule is c1ccc(-c2ccc(-c3c4ccccc4c(-c4ccc(-c5ccccc5)cc4)c4cc(-c5cccc6ccccc56)ccc34)cc2)cc1.c1ccc(-c2ccc(-c3c4ccccc4c(-c4ccc(-c5ccccc5)cc4)c4cc(-c5ccccc5)ccc34)cc2)cc1. The van der Waals surface area contributed by atoms with E-state index >= 15 is 0 Å². The molecule has 0 amide bonds. The Labute approximate surface area is 537 Å². The molecule has 0 atom stereocenters. The molecule has 17 aromatic rings. The minimum Gasteiger partial charge on any atom is -0.0622 e. The summed E-state index contributed by atoms with van der Waals surface area (Å²) in [6, 6.07) is 137. The molecular formula is C92H62. The average Bonchev–Trinajstić information content (AvgIpc) is 0.753. The molecule has 0 N–H and O–H groups in total. The van der Waals surface area contributed by atoms with Crippen molar-refractivity contribution < 1.29 is 0 Å². The molecule has 0 radical (unpaired) electrons. The van der Waals surface area contributed by atoms with Gasteiger partial charge in [0, 0.05) is 0 Å². The quantitative estimate of drug-likeness (QED) is 0.120. The van der Waals surface area contributed by atoms with Crippen molar-refractivity contribution in [1.82, 2.24) is 0 Å². The highest BCUT2D eigenvalue weighted by atomic mass is 14.2. The lowest BCUT2D eigenvalue weighted by molar-refractivity contribution is 1.60. The van der Waals surface area contributed by atoms with Crippen LogP contribution in [-0.4, -0.2) is 0 Å². The molecule has 0 unspecified atom stereocenters. The number of fused-ring (bicyclic) bond motifs is 5. The summed E-state index contributed by atoms with van der Waals surface area (Å²) in [5.74, 6) is 0. The summed E-state index contributed by atoms with van der Waals surface area (Å²) >= 11 is 0. The van der Waals surface area contributed by atoms with Crippen LogP contribution in [0.1, 0.15) is 0 Å². The summed E-state index contributed by atoms with van der Waals surface area (Å²) in [4.78, 5) is 0. The van der Waals surface area contributed by atoms with Crippen LogP contribution in [-0.2, 0) is 0 Å². The van der Waals surface area contributed by atoms with Crippen LogP contribution in [0, 0.1) is 0 Å². The number of hydrogen-bond donors (Lipinski definition) is 0. The van der Waals surface area contributed by atoms with Crippen molar-refractivity contribution in [2.45, 2.75) is 0 Å². The molecular weight excluding hydrogens is 1110 g/mol. The second-order valence-corrected chi connectivity index (χ2v) is 23.8. The van der Waals surface area contributed by atoms with E-state index in [4.69, 9.17) is 0 Å². The van der Waals surface area contributed by atoms with E-state index in [1.165, 1.54) is 165 Å².